The Labute approximate surface area is 305 Å². The van der Waals surface area contributed by atoms with E-state index in [1.807, 2.05) is 33.8 Å². The third-order valence-electron chi connectivity index (χ3n) is 10.8. The van der Waals surface area contributed by atoms with E-state index in [1.165, 1.54) is 56.3 Å². The number of amides is 1. The zero-order valence-electron chi connectivity index (χ0n) is 30.6. The van der Waals surface area contributed by atoms with Gasteiger partial charge in [-0.05, 0) is 109 Å². The second-order valence-electron chi connectivity index (χ2n) is 15.3. The van der Waals surface area contributed by atoms with Crippen molar-refractivity contribution in [3.63, 3.8) is 0 Å². The van der Waals surface area contributed by atoms with Crippen LogP contribution in [-0.2, 0) is 10.0 Å². The lowest BCUT2D eigenvalue weighted by atomic mass is 9.97. The maximum absolute atomic E-state index is 13.7. The van der Waals surface area contributed by atoms with Crippen molar-refractivity contribution in [1.29, 1.82) is 0 Å². The fourth-order valence-corrected chi connectivity index (χ4v) is 8.29. The Morgan fingerprint density at radius 1 is 0.750 bits per heavy atom. The van der Waals surface area contributed by atoms with Crippen molar-refractivity contribution in [2.24, 2.45) is 0 Å². The number of piperidine rings is 2. The predicted octanol–water partition coefficient (Wildman–Crippen LogP) is 6.69. The summed E-state index contributed by atoms with van der Waals surface area (Å²) in [4.78, 5) is 25.2. The topological polar surface area (TPSA) is 139 Å². The SMILES string of the molecule is Cc1cc(C2CC2)nc2cc([C@@H]3CCCCN3)nn12.Cc1ccc(NS(C)(=O)=O)c(C(=O)N2CCCC[C@H]2c2cc3nc(C4CC4)cc(C)n3n2)c1. The summed E-state index contributed by atoms with van der Waals surface area (Å²) in [6, 6.07) is 13.9. The number of rotatable bonds is 7. The molecule has 2 aliphatic carbocycles. The van der Waals surface area contributed by atoms with Crippen LogP contribution >= 0.6 is 0 Å². The summed E-state index contributed by atoms with van der Waals surface area (Å²) in [6.07, 6.45) is 12.6. The molecule has 0 radical (unpaired) electrons. The number of aromatic nitrogens is 6. The molecule has 4 aromatic heterocycles. The van der Waals surface area contributed by atoms with Crippen LogP contribution in [0.15, 0.2) is 42.5 Å². The summed E-state index contributed by atoms with van der Waals surface area (Å²) in [5, 5.41) is 13.1. The fraction of sp³-hybridized carbons (Fsp3) is 0.513. The summed E-state index contributed by atoms with van der Waals surface area (Å²) in [7, 11) is -3.52. The predicted molar refractivity (Wildman–Crippen MR) is 201 cm³/mol. The first-order chi connectivity index (χ1) is 25.0. The summed E-state index contributed by atoms with van der Waals surface area (Å²) >= 11 is 0. The molecule has 2 saturated heterocycles. The number of carbonyl (C=O) groups is 1. The maximum Gasteiger partial charge on any atom is 0.256 e. The number of likely N-dealkylation sites (tertiary alicyclic amines) is 1. The molecule has 5 aromatic rings. The molecule has 52 heavy (non-hydrogen) atoms. The monoisotopic (exact) mass is 723 g/mol. The van der Waals surface area contributed by atoms with E-state index >= 15 is 0 Å². The fourth-order valence-electron chi connectivity index (χ4n) is 7.71. The van der Waals surface area contributed by atoms with Gasteiger partial charge < -0.3 is 10.2 Å². The average molecular weight is 724 g/mol. The Bertz CT molecular complexity index is 2250. The molecule has 2 aliphatic heterocycles. The minimum absolute atomic E-state index is 0.177. The van der Waals surface area contributed by atoms with Crippen LogP contribution in [0.1, 0.15) is 138 Å². The van der Waals surface area contributed by atoms with Crippen molar-refractivity contribution in [3.05, 3.63) is 87.8 Å². The van der Waals surface area contributed by atoms with Gasteiger partial charge in [0.15, 0.2) is 11.3 Å². The van der Waals surface area contributed by atoms with E-state index in [0.717, 1.165) is 71.7 Å². The summed E-state index contributed by atoms with van der Waals surface area (Å²) < 4.78 is 30.1. The molecular weight excluding hydrogens is 675 g/mol. The maximum atomic E-state index is 13.7. The molecule has 13 heteroatoms. The quantitative estimate of drug-likeness (QED) is 0.189. The highest BCUT2D eigenvalue weighted by atomic mass is 32.2. The molecular formula is C39H49N9O3S. The van der Waals surface area contributed by atoms with E-state index in [1.54, 1.807) is 18.2 Å². The molecule has 2 saturated carbocycles. The van der Waals surface area contributed by atoms with Gasteiger partial charge >= 0.3 is 0 Å². The number of benzene rings is 1. The minimum atomic E-state index is -3.52. The summed E-state index contributed by atoms with van der Waals surface area (Å²) in [6.45, 7) is 7.77. The molecule has 274 valence electrons. The normalized spacial score (nSPS) is 20.9. The van der Waals surface area contributed by atoms with E-state index in [9.17, 15) is 13.2 Å². The van der Waals surface area contributed by atoms with Gasteiger partial charge in [-0.1, -0.05) is 18.1 Å². The van der Waals surface area contributed by atoms with Crippen molar-refractivity contribution in [1.82, 2.24) is 39.4 Å². The number of sulfonamides is 1. The molecule has 2 N–H and O–H groups in total. The Hall–Kier alpha value is -4.36. The van der Waals surface area contributed by atoms with Gasteiger partial charge in [-0.3, -0.25) is 9.52 Å². The van der Waals surface area contributed by atoms with E-state index < -0.39 is 10.0 Å². The van der Waals surface area contributed by atoms with Crippen molar-refractivity contribution in [3.8, 4) is 0 Å². The number of hydrogen-bond donors (Lipinski definition) is 2. The van der Waals surface area contributed by atoms with E-state index in [4.69, 9.17) is 20.2 Å². The zero-order chi connectivity index (χ0) is 36.1. The van der Waals surface area contributed by atoms with Crippen LogP contribution in [0.2, 0.25) is 0 Å². The number of anilines is 1. The number of carbonyl (C=O) groups excluding carboxylic acids is 1. The number of aryl methyl sites for hydroxylation is 3. The Morgan fingerprint density at radius 3 is 1.96 bits per heavy atom. The van der Waals surface area contributed by atoms with Crippen molar-refractivity contribution in [2.45, 2.75) is 109 Å². The molecule has 1 amide bonds. The van der Waals surface area contributed by atoms with Gasteiger partial charge in [0.1, 0.15) is 0 Å². The van der Waals surface area contributed by atoms with E-state index in [-0.39, 0.29) is 11.9 Å². The molecule has 12 nitrogen and oxygen atoms in total. The zero-order valence-corrected chi connectivity index (χ0v) is 31.4. The first-order valence-corrected chi connectivity index (χ1v) is 20.8. The highest BCUT2D eigenvalue weighted by Crippen LogP contribution is 2.41. The van der Waals surface area contributed by atoms with Crippen molar-refractivity contribution < 1.29 is 13.2 Å². The lowest BCUT2D eigenvalue weighted by molar-refractivity contribution is 0.0606. The van der Waals surface area contributed by atoms with Crippen LogP contribution in [-0.4, -0.2) is 67.8 Å². The molecule has 0 bridgehead atoms. The number of fused-ring (bicyclic) bond motifs is 2. The largest absolute Gasteiger partial charge is 0.330 e. The standard InChI is InChI=1S/C24H29N5O3S.C15H20N4/c1-15-7-10-19(27-33(3,31)32)18(12-15)24(30)28-11-5-4-6-22(28)21-14-23-25-20(17-8-9-17)13-16(2)29(23)26-21;1-10-8-13(11-5-6-11)17-15-9-14(18-19(10)15)12-4-2-3-7-16-12/h7,10,12-14,17,22,27H,4-6,8-9,11H2,1-3H3;8-9,11-12,16H,2-7H2,1H3/t22-;12-/m00/s1. The smallest absolute Gasteiger partial charge is 0.256 e. The Morgan fingerprint density at radius 2 is 1.37 bits per heavy atom. The number of nitrogens with one attached hydrogen (secondary N) is 2. The molecule has 0 spiro atoms. The third-order valence-corrected chi connectivity index (χ3v) is 11.3. The lowest BCUT2D eigenvalue weighted by Gasteiger charge is -2.35. The van der Waals surface area contributed by atoms with Crippen LogP contribution in [0.4, 0.5) is 5.69 Å². The molecule has 4 fully saturated rings. The molecule has 9 rings (SSSR count). The van der Waals surface area contributed by atoms with Gasteiger partial charge in [0, 0.05) is 53.3 Å². The Balaban J connectivity index is 0.000000171. The average Bonchev–Trinajstić information content (AvgIpc) is 4.07. The molecule has 6 heterocycles. The van der Waals surface area contributed by atoms with Crippen LogP contribution in [0, 0.1) is 20.8 Å². The number of nitrogens with zero attached hydrogens (tertiary/aromatic N) is 7. The van der Waals surface area contributed by atoms with E-state index in [2.05, 4.69) is 35.2 Å². The van der Waals surface area contributed by atoms with E-state index in [0.29, 0.717) is 35.7 Å². The Kier molecular flexibility index (Phi) is 9.27. The van der Waals surface area contributed by atoms with Crippen LogP contribution < -0.4 is 10.0 Å². The van der Waals surface area contributed by atoms with Gasteiger partial charge in [0.05, 0.1) is 41.0 Å². The summed E-state index contributed by atoms with van der Waals surface area (Å²) in [5.41, 5.74) is 10.0. The van der Waals surface area contributed by atoms with Gasteiger partial charge in [-0.2, -0.15) is 10.2 Å². The third kappa shape index (κ3) is 7.43. The number of hydrogen-bond acceptors (Lipinski definition) is 8. The molecule has 2 atom stereocenters. The minimum Gasteiger partial charge on any atom is -0.330 e. The van der Waals surface area contributed by atoms with Crippen LogP contribution in [0.3, 0.4) is 0 Å². The van der Waals surface area contributed by atoms with Gasteiger partial charge in [-0.15, -0.1) is 0 Å². The van der Waals surface area contributed by atoms with Crippen LogP contribution in [0.5, 0.6) is 0 Å². The highest BCUT2D eigenvalue weighted by Gasteiger charge is 2.33. The second kappa shape index (κ2) is 13.9. The molecule has 1 aromatic carbocycles. The first-order valence-electron chi connectivity index (χ1n) is 18.9. The van der Waals surface area contributed by atoms with Gasteiger partial charge in [0.25, 0.3) is 5.91 Å². The highest BCUT2D eigenvalue weighted by molar-refractivity contribution is 7.92. The van der Waals surface area contributed by atoms with Crippen molar-refractivity contribution in [2.75, 3.05) is 24.1 Å². The molecule has 0 unspecified atom stereocenters. The van der Waals surface area contributed by atoms with Gasteiger partial charge in [0.2, 0.25) is 10.0 Å². The molecule has 4 aliphatic rings. The second-order valence-corrected chi connectivity index (χ2v) is 17.1. The van der Waals surface area contributed by atoms with Crippen molar-refractivity contribution >= 4 is 32.9 Å². The van der Waals surface area contributed by atoms with Crippen LogP contribution in [0.25, 0.3) is 11.3 Å². The van der Waals surface area contributed by atoms with Gasteiger partial charge in [-0.25, -0.2) is 27.4 Å². The first kappa shape index (κ1) is 34.7. The summed E-state index contributed by atoms with van der Waals surface area (Å²) in [5.74, 6) is 1.08. The lowest BCUT2D eigenvalue weighted by Crippen LogP contribution is -2.39.